The zero-order valence-electron chi connectivity index (χ0n) is 19.7. The molecule has 35 heavy (non-hydrogen) atoms. The standard InChI is InChI=1S/C26H31NO7S/c1-33-24-13-9-21(10-14-24)8-4-2-3-6-18-34-25-15-12-23(20-22(25)11-16-26(29)30)27-35(31,32)19-7-5-17-28/h4-5,8-10,12-15,20,27H,2-3,6-7,11,16,18-19H2,1H3,(H,29,30). The van der Waals surface area contributed by atoms with E-state index in [4.69, 9.17) is 14.6 Å². The molecule has 0 radical (unpaired) electrons. The smallest absolute Gasteiger partial charge is 0.303 e. The fourth-order valence-corrected chi connectivity index (χ4v) is 4.22. The van der Waals surface area contributed by atoms with Crippen LogP contribution >= 0.6 is 0 Å². The van der Waals surface area contributed by atoms with Crippen LogP contribution in [0.5, 0.6) is 11.5 Å². The number of allylic oxidation sites excluding steroid dienone is 2. The zero-order valence-corrected chi connectivity index (χ0v) is 20.6. The van der Waals surface area contributed by atoms with Gasteiger partial charge in [0.15, 0.2) is 0 Å². The first kappa shape index (κ1) is 27.7. The second-order valence-electron chi connectivity index (χ2n) is 7.77. The number of rotatable bonds is 16. The minimum atomic E-state index is -3.65. The van der Waals surface area contributed by atoms with Crippen molar-refractivity contribution in [3.05, 3.63) is 65.7 Å². The Morgan fingerprint density at radius 1 is 1.11 bits per heavy atom. The van der Waals surface area contributed by atoms with Crippen LogP contribution in [0.2, 0.25) is 0 Å². The van der Waals surface area contributed by atoms with Gasteiger partial charge in [-0.25, -0.2) is 13.2 Å². The number of sulfonamides is 1. The van der Waals surface area contributed by atoms with Crippen LogP contribution < -0.4 is 14.2 Å². The van der Waals surface area contributed by atoms with E-state index in [1.165, 1.54) is 0 Å². The first-order valence-corrected chi connectivity index (χ1v) is 13.0. The van der Waals surface area contributed by atoms with Crippen LogP contribution in [-0.2, 0) is 26.0 Å². The zero-order chi connectivity index (χ0) is 25.5. The molecule has 2 rings (SSSR count). The Kier molecular flexibility index (Phi) is 11.6. The molecule has 2 N–H and O–H groups in total. The summed E-state index contributed by atoms with van der Waals surface area (Å²) in [6, 6.07) is 12.6. The van der Waals surface area contributed by atoms with E-state index in [-0.39, 0.29) is 25.0 Å². The second kappa shape index (κ2) is 14.7. The molecule has 0 aliphatic heterocycles. The molecule has 0 unspecified atom stereocenters. The molecule has 2 aromatic carbocycles. The number of carboxylic acids is 1. The summed E-state index contributed by atoms with van der Waals surface area (Å²) in [5.41, 5.74) is 2.03. The van der Waals surface area contributed by atoms with Gasteiger partial charge in [0.1, 0.15) is 17.4 Å². The molecule has 0 amide bonds. The highest BCUT2D eigenvalue weighted by atomic mass is 32.2. The first-order chi connectivity index (χ1) is 16.8. The fourth-order valence-electron chi connectivity index (χ4n) is 3.21. The minimum Gasteiger partial charge on any atom is -0.497 e. The van der Waals surface area contributed by atoms with E-state index in [1.807, 2.05) is 24.3 Å². The molecule has 0 saturated carbocycles. The van der Waals surface area contributed by atoms with Crippen molar-refractivity contribution >= 4 is 33.7 Å². The molecule has 0 fully saturated rings. The lowest BCUT2D eigenvalue weighted by molar-refractivity contribution is -0.136. The number of ether oxygens (including phenoxy) is 2. The SMILES string of the molecule is COc1ccc(C=CCCCCOc2ccc(NS(=O)(=O)CCC=C=O)cc2CCC(=O)O)cc1. The van der Waals surface area contributed by atoms with Crippen LogP contribution in [0.1, 0.15) is 43.2 Å². The number of carbonyl (C=O) groups excluding carboxylic acids is 1. The largest absolute Gasteiger partial charge is 0.497 e. The summed E-state index contributed by atoms with van der Waals surface area (Å²) < 4.78 is 37.8. The summed E-state index contributed by atoms with van der Waals surface area (Å²) in [5, 5.41) is 9.05. The average molecular weight is 502 g/mol. The number of methoxy groups -OCH3 is 1. The van der Waals surface area contributed by atoms with Crippen molar-refractivity contribution in [2.75, 3.05) is 24.2 Å². The maximum absolute atomic E-state index is 12.2. The Labute approximate surface area is 206 Å². The number of nitrogens with one attached hydrogen (secondary N) is 1. The van der Waals surface area contributed by atoms with E-state index >= 15 is 0 Å². The van der Waals surface area contributed by atoms with Crippen LogP contribution in [0.3, 0.4) is 0 Å². The highest BCUT2D eigenvalue weighted by Gasteiger charge is 2.13. The summed E-state index contributed by atoms with van der Waals surface area (Å²) in [4.78, 5) is 21.3. The van der Waals surface area contributed by atoms with Gasteiger partial charge in [-0.1, -0.05) is 24.3 Å². The van der Waals surface area contributed by atoms with Crippen LogP contribution in [0.4, 0.5) is 5.69 Å². The van der Waals surface area contributed by atoms with Crippen molar-refractivity contribution in [1.29, 1.82) is 0 Å². The molecule has 2 aromatic rings. The van der Waals surface area contributed by atoms with E-state index in [2.05, 4.69) is 16.9 Å². The number of hydrogen-bond acceptors (Lipinski definition) is 6. The maximum atomic E-state index is 12.2. The van der Waals surface area contributed by atoms with Crippen molar-refractivity contribution in [2.24, 2.45) is 0 Å². The minimum absolute atomic E-state index is 0.0567. The molecule has 0 saturated heterocycles. The second-order valence-corrected chi connectivity index (χ2v) is 9.61. The van der Waals surface area contributed by atoms with Gasteiger partial charge in [-0.05, 0) is 73.6 Å². The number of aliphatic carboxylic acids is 1. The molecule has 0 bridgehead atoms. The molecule has 0 atom stereocenters. The third-order valence-corrected chi connectivity index (χ3v) is 6.32. The van der Waals surface area contributed by atoms with Crippen molar-refractivity contribution < 1.29 is 32.6 Å². The highest BCUT2D eigenvalue weighted by molar-refractivity contribution is 7.92. The Hall–Kier alpha value is -3.55. The van der Waals surface area contributed by atoms with Crippen LogP contribution in [0.15, 0.2) is 54.6 Å². The predicted molar refractivity (Wildman–Crippen MR) is 136 cm³/mol. The molecule has 0 aromatic heterocycles. The number of aryl methyl sites for hydroxylation is 1. The summed E-state index contributed by atoms with van der Waals surface area (Å²) in [6.45, 7) is 0.458. The topological polar surface area (TPSA) is 119 Å². The van der Waals surface area contributed by atoms with Crippen molar-refractivity contribution in [3.8, 4) is 11.5 Å². The quantitative estimate of drug-likeness (QED) is 0.257. The van der Waals surface area contributed by atoms with Crippen LogP contribution in [-0.4, -0.2) is 44.9 Å². The monoisotopic (exact) mass is 501 g/mol. The molecule has 0 aliphatic carbocycles. The highest BCUT2D eigenvalue weighted by Crippen LogP contribution is 2.25. The van der Waals surface area contributed by atoms with E-state index in [0.29, 0.717) is 23.6 Å². The van der Waals surface area contributed by atoms with Gasteiger partial charge in [0, 0.05) is 18.2 Å². The number of carboxylic acid groups (broad SMARTS) is 1. The van der Waals surface area contributed by atoms with Gasteiger partial charge in [-0.2, -0.15) is 0 Å². The van der Waals surface area contributed by atoms with Crippen molar-refractivity contribution in [3.63, 3.8) is 0 Å². The third-order valence-electron chi connectivity index (χ3n) is 5.01. The predicted octanol–water partition coefficient (Wildman–Crippen LogP) is 4.49. The Balaban J connectivity index is 1.88. The summed E-state index contributed by atoms with van der Waals surface area (Å²) >= 11 is 0. The van der Waals surface area contributed by atoms with Gasteiger partial charge in [0.2, 0.25) is 10.0 Å². The normalized spacial score (nSPS) is 11.1. The fraction of sp³-hybridized carbons (Fsp3) is 0.346. The molecule has 188 valence electrons. The van der Waals surface area contributed by atoms with E-state index in [9.17, 15) is 18.0 Å². The lowest BCUT2D eigenvalue weighted by Crippen LogP contribution is -2.16. The van der Waals surface area contributed by atoms with E-state index < -0.39 is 16.0 Å². The van der Waals surface area contributed by atoms with Crippen LogP contribution in [0.25, 0.3) is 6.08 Å². The van der Waals surface area contributed by atoms with Crippen LogP contribution in [0, 0.1) is 0 Å². The third kappa shape index (κ3) is 10.9. The van der Waals surface area contributed by atoms with Gasteiger partial charge in [0.05, 0.1) is 19.5 Å². The molecule has 0 spiro atoms. The number of carbonyl (C=O) groups is 1. The molecule has 0 aliphatic rings. The maximum Gasteiger partial charge on any atom is 0.303 e. The average Bonchev–Trinajstić information content (AvgIpc) is 2.83. The Bertz CT molecular complexity index is 1130. The van der Waals surface area contributed by atoms with Gasteiger partial charge >= 0.3 is 5.97 Å². The molecule has 9 heteroatoms. The summed E-state index contributed by atoms with van der Waals surface area (Å²) in [7, 11) is -2.02. The number of anilines is 1. The molecule has 8 nitrogen and oxygen atoms in total. The van der Waals surface area contributed by atoms with Gasteiger partial charge in [-0.3, -0.25) is 9.52 Å². The first-order valence-electron chi connectivity index (χ1n) is 11.3. The lowest BCUT2D eigenvalue weighted by Gasteiger charge is -2.14. The number of unbranched alkanes of at least 4 members (excludes halogenated alkanes) is 2. The Morgan fingerprint density at radius 2 is 1.89 bits per heavy atom. The van der Waals surface area contributed by atoms with E-state index in [1.54, 1.807) is 31.3 Å². The summed E-state index contributed by atoms with van der Waals surface area (Å²) in [5.74, 6) is 1.70. The Morgan fingerprint density at radius 3 is 2.57 bits per heavy atom. The van der Waals surface area contributed by atoms with Gasteiger partial charge < -0.3 is 14.6 Å². The number of benzene rings is 2. The molecular weight excluding hydrogens is 470 g/mol. The van der Waals surface area contributed by atoms with Crippen molar-refractivity contribution in [1.82, 2.24) is 0 Å². The van der Waals surface area contributed by atoms with Gasteiger partial charge in [0.25, 0.3) is 0 Å². The number of hydrogen-bond donors (Lipinski definition) is 2. The molecular formula is C26H31NO7S. The van der Waals surface area contributed by atoms with Crippen molar-refractivity contribution in [2.45, 2.75) is 38.5 Å². The lowest BCUT2D eigenvalue weighted by atomic mass is 10.1. The molecule has 0 heterocycles. The summed E-state index contributed by atoms with van der Waals surface area (Å²) in [6.07, 6.45) is 8.05. The van der Waals surface area contributed by atoms with Gasteiger partial charge in [-0.15, -0.1) is 0 Å². The van der Waals surface area contributed by atoms with E-state index in [0.717, 1.165) is 36.7 Å².